The number of benzene rings is 2. The predicted molar refractivity (Wildman–Crippen MR) is 90.4 cm³/mol. The molecule has 0 amide bonds. The van der Waals surface area contributed by atoms with E-state index in [0.717, 1.165) is 22.8 Å². The number of aryl methyl sites for hydroxylation is 1. The summed E-state index contributed by atoms with van der Waals surface area (Å²) in [6.45, 7) is 1.96. The smallest absolute Gasteiger partial charge is 0.161 e. The maximum absolute atomic E-state index is 5.91. The number of ether oxygens (including phenoxy) is 2. The lowest BCUT2D eigenvalue weighted by Gasteiger charge is -2.18. The van der Waals surface area contributed by atoms with Gasteiger partial charge in [-0.2, -0.15) is 0 Å². The molecule has 0 spiro atoms. The van der Waals surface area contributed by atoms with Crippen LogP contribution in [0.4, 0.5) is 0 Å². The lowest BCUT2D eigenvalue weighted by atomic mass is 9.89. The minimum atomic E-state index is 0.0182. The Bertz CT molecular complexity index is 775. The zero-order valence-electron chi connectivity index (χ0n) is 13.6. The van der Waals surface area contributed by atoms with E-state index in [4.69, 9.17) is 13.9 Å². The Labute approximate surface area is 136 Å². The molecule has 0 fully saturated rings. The highest BCUT2D eigenvalue weighted by Crippen LogP contribution is 2.37. The number of methoxy groups -OCH3 is 2. The minimum absolute atomic E-state index is 0.0182. The van der Waals surface area contributed by atoms with Crippen molar-refractivity contribution in [2.75, 3.05) is 14.2 Å². The second-order valence-electron chi connectivity index (χ2n) is 5.41. The number of hydrogen-bond donors (Lipinski definition) is 0. The zero-order chi connectivity index (χ0) is 16.2. The average Bonchev–Trinajstić information content (AvgIpc) is 3.02. The van der Waals surface area contributed by atoms with Crippen molar-refractivity contribution in [3.8, 4) is 11.5 Å². The molecular weight excluding hydrogens is 288 g/mol. The van der Waals surface area contributed by atoms with Crippen LogP contribution in [-0.2, 0) is 0 Å². The van der Waals surface area contributed by atoms with E-state index in [-0.39, 0.29) is 5.92 Å². The van der Waals surface area contributed by atoms with Crippen LogP contribution in [0, 0.1) is 6.92 Å². The molecule has 0 bridgehead atoms. The molecule has 1 atom stereocenters. The molecule has 3 nitrogen and oxygen atoms in total. The molecule has 2 aromatic carbocycles. The summed E-state index contributed by atoms with van der Waals surface area (Å²) in [4.78, 5) is 0. The average molecular weight is 308 g/mol. The summed E-state index contributed by atoms with van der Waals surface area (Å²) in [6, 6.07) is 20.3. The Balaban J connectivity index is 2.12. The summed E-state index contributed by atoms with van der Waals surface area (Å²) in [7, 11) is 3.29. The molecule has 0 N–H and O–H groups in total. The molecule has 0 aliphatic rings. The molecular formula is C20H20O3. The first-order valence-electron chi connectivity index (χ1n) is 7.56. The van der Waals surface area contributed by atoms with Crippen LogP contribution < -0.4 is 9.47 Å². The van der Waals surface area contributed by atoms with Crippen molar-refractivity contribution in [1.82, 2.24) is 0 Å². The van der Waals surface area contributed by atoms with E-state index >= 15 is 0 Å². The summed E-state index contributed by atoms with van der Waals surface area (Å²) < 4.78 is 16.7. The van der Waals surface area contributed by atoms with Crippen LogP contribution in [-0.4, -0.2) is 14.2 Å². The maximum Gasteiger partial charge on any atom is 0.161 e. The lowest BCUT2D eigenvalue weighted by Crippen LogP contribution is -2.03. The fourth-order valence-electron chi connectivity index (χ4n) is 2.81. The molecule has 0 aliphatic heterocycles. The molecule has 0 aliphatic carbocycles. The number of rotatable bonds is 5. The monoisotopic (exact) mass is 308 g/mol. The van der Waals surface area contributed by atoms with E-state index < -0.39 is 0 Å². The Morgan fingerprint density at radius 3 is 2.13 bits per heavy atom. The first kappa shape index (κ1) is 15.2. The quantitative estimate of drug-likeness (QED) is 0.679. The third-order valence-corrected chi connectivity index (χ3v) is 3.92. The van der Waals surface area contributed by atoms with Gasteiger partial charge in [-0.1, -0.05) is 36.4 Å². The molecule has 0 saturated heterocycles. The molecule has 3 rings (SSSR count). The molecule has 3 heteroatoms. The van der Waals surface area contributed by atoms with E-state index in [1.165, 1.54) is 5.56 Å². The maximum atomic E-state index is 5.91. The largest absolute Gasteiger partial charge is 0.493 e. The van der Waals surface area contributed by atoms with Crippen molar-refractivity contribution >= 4 is 0 Å². The van der Waals surface area contributed by atoms with Crippen molar-refractivity contribution in [2.45, 2.75) is 12.8 Å². The minimum Gasteiger partial charge on any atom is -0.493 e. The Morgan fingerprint density at radius 2 is 1.52 bits per heavy atom. The summed E-state index contributed by atoms with van der Waals surface area (Å²) in [6.07, 6.45) is 0. The van der Waals surface area contributed by atoms with Crippen LogP contribution in [0.25, 0.3) is 0 Å². The van der Waals surface area contributed by atoms with Crippen LogP contribution in [0.3, 0.4) is 0 Å². The highest BCUT2D eigenvalue weighted by molar-refractivity contribution is 5.48. The molecule has 1 heterocycles. The van der Waals surface area contributed by atoms with Crippen molar-refractivity contribution in [2.24, 2.45) is 0 Å². The van der Waals surface area contributed by atoms with Gasteiger partial charge in [-0.3, -0.25) is 0 Å². The first-order valence-corrected chi connectivity index (χ1v) is 7.56. The third kappa shape index (κ3) is 3.09. The van der Waals surface area contributed by atoms with Crippen molar-refractivity contribution in [3.05, 3.63) is 83.3 Å². The Morgan fingerprint density at radius 1 is 0.783 bits per heavy atom. The van der Waals surface area contributed by atoms with E-state index in [1.54, 1.807) is 14.2 Å². The van der Waals surface area contributed by atoms with Gasteiger partial charge in [0.25, 0.3) is 0 Å². The van der Waals surface area contributed by atoms with Gasteiger partial charge in [0.15, 0.2) is 11.5 Å². The van der Waals surface area contributed by atoms with Gasteiger partial charge >= 0.3 is 0 Å². The van der Waals surface area contributed by atoms with Gasteiger partial charge in [-0.25, -0.2) is 0 Å². The predicted octanol–water partition coefficient (Wildman–Crippen LogP) is 4.79. The lowest BCUT2D eigenvalue weighted by molar-refractivity contribution is 0.354. The fourth-order valence-corrected chi connectivity index (χ4v) is 2.81. The molecule has 1 aromatic heterocycles. The molecule has 0 saturated carbocycles. The highest BCUT2D eigenvalue weighted by atomic mass is 16.5. The van der Waals surface area contributed by atoms with Gasteiger partial charge in [-0.15, -0.1) is 0 Å². The van der Waals surface area contributed by atoms with Crippen LogP contribution in [0.1, 0.15) is 28.6 Å². The van der Waals surface area contributed by atoms with Crippen LogP contribution in [0.15, 0.2) is 65.1 Å². The van der Waals surface area contributed by atoms with Crippen LogP contribution >= 0.6 is 0 Å². The summed E-state index contributed by atoms with van der Waals surface area (Å²) in [5.41, 5.74) is 2.28. The van der Waals surface area contributed by atoms with Gasteiger partial charge in [0, 0.05) is 0 Å². The number of hydrogen-bond acceptors (Lipinski definition) is 3. The Kier molecular flexibility index (Phi) is 4.38. The van der Waals surface area contributed by atoms with Crippen LogP contribution in [0.5, 0.6) is 11.5 Å². The second-order valence-corrected chi connectivity index (χ2v) is 5.41. The van der Waals surface area contributed by atoms with Crippen molar-refractivity contribution < 1.29 is 13.9 Å². The van der Waals surface area contributed by atoms with Crippen molar-refractivity contribution in [3.63, 3.8) is 0 Å². The zero-order valence-corrected chi connectivity index (χ0v) is 13.6. The fraction of sp³-hybridized carbons (Fsp3) is 0.200. The summed E-state index contributed by atoms with van der Waals surface area (Å²) in [5.74, 6) is 3.28. The molecule has 3 aromatic rings. The molecule has 118 valence electrons. The Hall–Kier alpha value is -2.68. The van der Waals surface area contributed by atoms with E-state index in [9.17, 15) is 0 Å². The van der Waals surface area contributed by atoms with E-state index in [2.05, 4.69) is 18.2 Å². The van der Waals surface area contributed by atoms with Gasteiger partial charge in [0.1, 0.15) is 11.5 Å². The van der Waals surface area contributed by atoms with E-state index in [1.807, 2.05) is 49.4 Å². The normalized spacial score (nSPS) is 12.0. The topological polar surface area (TPSA) is 31.6 Å². The SMILES string of the molecule is COc1ccc([C@@H](c2ccccc2)c2ccc(C)o2)cc1OC. The standard InChI is InChI=1S/C20H20O3/c1-14-9-11-18(23-14)20(15-7-5-4-6-8-15)16-10-12-17(21-2)19(13-16)22-3/h4-13,20H,1-3H3/t20-/m1/s1. The highest BCUT2D eigenvalue weighted by Gasteiger charge is 2.21. The van der Waals surface area contributed by atoms with Gasteiger partial charge in [-0.05, 0) is 42.3 Å². The van der Waals surface area contributed by atoms with Gasteiger partial charge in [0.2, 0.25) is 0 Å². The summed E-state index contributed by atoms with van der Waals surface area (Å²) >= 11 is 0. The second kappa shape index (κ2) is 6.61. The number of furan rings is 1. The molecule has 23 heavy (non-hydrogen) atoms. The van der Waals surface area contributed by atoms with Crippen molar-refractivity contribution in [1.29, 1.82) is 0 Å². The van der Waals surface area contributed by atoms with Gasteiger partial charge < -0.3 is 13.9 Å². The summed E-state index contributed by atoms with van der Waals surface area (Å²) in [5, 5.41) is 0. The first-order chi connectivity index (χ1) is 11.2. The third-order valence-electron chi connectivity index (χ3n) is 3.92. The van der Waals surface area contributed by atoms with Gasteiger partial charge in [0.05, 0.1) is 20.1 Å². The van der Waals surface area contributed by atoms with E-state index in [0.29, 0.717) is 5.75 Å². The molecule has 0 unspecified atom stereocenters. The van der Waals surface area contributed by atoms with Crippen LogP contribution in [0.2, 0.25) is 0 Å². The molecule has 0 radical (unpaired) electrons.